The maximum absolute atomic E-state index is 12.5. The van der Waals surface area contributed by atoms with Gasteiger partial charge in [0.25, 0.3) is 11.8 Å². The van der Waals surface area contributed by atoms with E-state index in [4.69, 9.17) is 9.47 Å². The van der Waals surface area contributed by atoms with Gasteiger partial charge in [-0.1, -0.05) is 0 Å². The third kappa shape index (κ3) is 3.92. The Labute approximate surface area is 162 Å². The number of hydrogen-bond acceptors (Lipinski definition) is 6. The molecule has 2 aliphatic rings. The van der Waals surface area contributed by atoms with Gasteiger partial charge < -0.3 is 20.1 Å². The van der Waals surface area contributed by atoms with Crippen molar-refractivity contribution in [2.24, 2.45) is 5.92 Å². The molecule has 9 nitrogen and oxygen atoms in total. The van der Waals surface area contributed by atoms with Gasteiger partial charge in [-0.2, -0.15) is 0 Å². The second-order valence-corrected chi connectivity index (χ2v) is 7.15. The van der Waals surface area contributed by atoms with Gasteiger partial charge in [0.1, 0.15) is 17.8 Å². The summed E-state index contributed by atoms with van der Waals surface area (Å²) in [5.41, 5.74) is -0.447. The van der Waals surface area contributed by atoms with E-state index in [9.17, 15) is 19.2 Å². The number of benzene rings is 1. The van der Waals surface area contributed by atoms with Crippen molar-refractivity contribution in [2.75, 3.05) is 19.0 Å². The van der Waals surface area contributed by atoms with Crippen molar-refractivity contribution in [2.45, 2.75) is 38.3 Å². The van der Waals surface area contributed by atoms with Crippen LogP contribution in [0.25, 0.3) is 0 Å². The van der Waals surface area contributed by atoms with Gasteiger partial charge >= 0.3 is 12.0 Å². The molecule has 1 saturated carbocycles. The van der Waals surface area contributed by atoms with Crippen molar-refractivity contribution in [1.82, 2.24) is 10.2 Å². The van der Waals surface area contributed by atoms with E-state index in [0.29, 0.717) is 11.4 Å². The largest absolute Gasteiger partial charge is 0.497 e. The zero-order valence-electron chi connectivity index (χ0n) is 16.0. The summed E-state index contributed by atoms with van der Waals surface area (Å²) >= 11 is 0. The van der Waals surface area contributed by atoms with Crippen molar-refractivity contribution in [3.05, 3.63) is 24.3 Å². The van der Waals surface area contributed by atoms with Crippen LogP contribution in [0.3, 0.4) is 0 Å². The van der Waals surface area contributed by atoms with Crippen molar-refractivity contribution >= 4 is 29.5 Å². The molecule has 0 spiro atoms. The van der Waals surface area contributed by atoms with Crippen molar-refractivity contribution in [1.29, 1.82) is 0 Å². The number of urea groups is 1. The molecule has 0 aromatic heterocycles. The zero-order chi connectivity index (χ0) is 20.5. The van der Waals surface area contributed by atoms with E-state index < -0.39 is 42.0 Å². The fourth-order valence-electron chi connectivity index (χ4n) is 3.13. The van der Waals surface area contributed by atoms with Gasteiger partial charge in [0.05, 0.1) is 7.11 Å². The van der Waals surface area contributed by atoms with Gasteiger partial charge in [-0.05, 0) is 56.9 Å². The molecule has 2 N–H and O–H groups in total. The minimum absolute atomic E-state index is 0.0965. The second kappa shape index (κ2) is 7.49. The van der Waals surface area contributed by atoms with Gasteiger partial charge in [0.2, 0.25) is 0 Å². The quantitative estimate of drug-likeness (QED) is 0.536. The van der Waals surface area contributed by atoms with Crippen LogP contribution in [0.1, 0.15) is 26.7 Å². The summed E-state index contributed by atoms with van der Waals surface area (Å²) in [5.74, 6) is -1.06. The van der Waals surface area contributed by atoms with Crippen LogP contribution >= 0.6 is 0 Å². The number of rotatable bonds is 7. The summed E-state index contributed by atoms with van der Waals surface area (Å²) in [5, 5.41) is 5.27. The molecular formula is C19H23N3O6. The van der Waals surface area contributed by atoms with E-state index in [2.05, 4.69) is 10.6 Å². The number of methoxy groups -OCH3 is 1. The smallest absolute Gasteiger partial charge is 0.327 e. The fourth-order valence-corrected chi connectivity index (χ4v) is 3.13. The topological polar surface area (TPSA) is 114 Å². The molecule has 2 atom stereocenters. The van der Waals surface area contributed by atoms with Crippen LogP contribution in [0.4, 0.5) is 10.5 Å². The predicted octanol–water partition coefficient (Wildman–Crippen LogP) is 1.29. The van der Waals surface area contributed by atoms with Crippen LogP contribution in [-0.2, 0) is 19.1 Å². The molecule has 28 heavy (non-hydrogen) atoms. The Balaban J connectivity index is 1.53. The molecule has 3 rings (SSSR count). The first-order valence-corrected chi connectivity index (χ1v) is 9.03. The second-order valence-electron chi connectivity index (χ2n) is 7.15. The molecule has 1 aromatic rings. The SMILES string of the molecule is COc1ccc(NC(=O)[C@H](C)OC(=O)CN2C(=O)N[C@](C)(C3CC3)C2=O)cc1. The monoisotopic (exact) mass is 389 g/mol. The lowest BCUT2D eigenvalue weighted by Crippen LogP contribution is -2.46. The molecule has 2 fully saturated rings. The number of carbonyl (C=O) groups is 4. The molecule has 4 amide bonds. The minimum Gasteiger partial charge on any atom is -0.497 e. The highest BCUT2D eigenvalue weighted by molar-refractivity contribution is 6.09. The summed E-state index contributed by atoms with van der Waals surface area (Å²) in [6.07, 6.45) is 0.636. The molecule has 1 aromatic carbocycles. The standard InChI is InChI=1S/C19H23N3O6/c1-11(16(24)20-13-6-8-14(27-3)9-7-13)28-15(23)10-22-17(25)19(2,12-4-5-12)21-18(22)26/h6-9,11-12H,4-5,10H2,1-3H3,(H,20,24)(H,21,26)/t11-,19+/m0/s1. The van der Waals surface area contributed by atoms with Gasteiger partial charge in [-0.3, -0.25) is 19.3 Å². The van der Waals surface area contributed by atoms with E-state index in [-0.39, 0.29) is 5.92 Å². The lowest BCUT2D eigenvalue weighted by atomic mass is 9.96. The molecule has 150 valence electrons. The van der Waals surface area contributed by atoms with E-state index in [1.807, 2.05) is 0 Å². The molecule has 1 saturated heterocycles. The number of nitrogens with one attached hydrogen (secondary N) is 2. The average molecular weight is 389 g/mol. The molecule has 9 heteroatoms. The Morgan fingerprint density at radius 2 is 1.93 bits per heavy atom. The maximum atomic E-state index is 12.5. The molecule has 1 aliphatic heterocycles. The lowest BCUT2D eigenvalue weighted by molar-refractivity contribution is -0.155. The first kappa shape index (κ1) is 19.7. The highest BCUT2D eigenvalue weighted by Gasteiger charge is 2.56. The third-order valence-electron chi connectivity index (χ3n) is 5.02. The van der Waals surface area contributed by atoms with Gasteiger partial charge in [-0.15, -0.1) is 0 Å². The maximum Gasteiger partial charge on any atom is 0.327 e. The summed E-state index contributed by atoms with van der Waals surface area (Å²) < 4.78 is 10.1. The highest BCUT2D eigenvalue weighted by Crippen LogP contribution is 2.42. The fraction of sp³-hybridized carbons (Fsp3) is 0.474. The van der Waals surface area contributed by atoms with E-state index >= 15 is 0 Å². The number of esters is 1. The van der Waals surface area contributed by atoms with Crippen LogP contribution in [0.15, 0.2) is 24.3 Å². The third-order valence-corrected chi connectivity index (χ3v) is 5.02. The molecule has 0 bridgehead atoms. The Kier molecular flexibility index (Phi) is 5.26. The van der Waals surface area contributed by atoms with Crippen LogP contribution in [0.5, 0.6) is 5.75 Å². The predicted molar refractivity (Wildman–Crippen MR) is 98.6 cm³/mol. The number of nitrogens with zero attached hydrogens (tertiary/aromatic N) is 1. The Morgan fingerprint density at radius 1 is 1.29 bits per heavy atom. The summed E-state index contributed by atoms with van der Waals surface area (Å²) in [6.45, 7) is 2.55. The summed E-state index contributed by atoms with van der Waals surface area (Å²) in [6, 6.07) is 6.04. The Hall–Kier alpha value is -3.10. The zero-order valence-corrected chi connectivity index (χ0v) is 16.0. The number of anilines is 1. The van der Waals surface area contributed by atoms with Crippen molar-refractivity contribution < 1.29 is 28.7 Å². The lowest BCUT2D eigenvalue weighted by Gasteiger charge is -2.21. The van der Waals surface area contributed by atoms with Crippen LogP contribution < -0.4 is 15.4 Å². The van der Waals surface area contributed by atoms with E-state index in [1.54, 1.807) is 31.2 Å². The van der Waals surface area contributed by atoms with Crippen LogP contribution in [-0.4, -0.2) is 54.0 Å². The number of amides is 4. The van der Waals surface area contributed by atoms with Crippen molar-refractivity contribution in [3.8, 4) is 5.75 Å². The van der Waals surface area contributed by atoms with E-state index in [1.165, 1.54) is 14.0 Å². The average Bonchev–Trinajstić information content (AvgIpc) is 3.48. The molecule has 0 radical (unpaired) electrons. The number of imide groups is 1. The van der Waals surface area contributed by atoms with Gasteiger partial charge in [0, 0.05) is 5.69 Å². The van der Waals surface area contributed by atoms with Gasteiger partial charge in [-0.25, -0.2) is 4.79 Å². The Morgan fingerprint density at radius 3 is 2.50 bits per heavy atom. The van der Waals surface area contributed by atoms with Crippen LogP contribution in [0, 0.1) is 5.92 Å². The summed E-state index contributed by atoms with van der Waals surface area (Å²) in [4.78, 5) is 49.8. The number of hydrogen-bond donors (Lipinski definition) is 2. The molecule has 0 unspecified atom stereocenters. The minimum atomic E-state index is -1.09. The number of ether oxygens (including phenoxy) is 2. The van der Waals surface area contributed by atoms with Crippen molar-refractivity contribution in [3.63, 3.8) is 0 Å². The first-order valence-electron chi connectivity index (χ1n) is 9.03. The first-order chi connectivity index (χ1) is 13.2. The molecule has 1 heterocycles. The highest BCUT2D eigenvalue weighted by atomic mass is 16.5. The van der Waals surface area contributed by atoms with Crippen LogP contribution in [0.2, 0.25) is 0 Å². The summed E-state index contributed by atoms with van der Waals surface area (Å²) in [7, 11) is 1.54. The molecule has 1 aliphatic carbocycles. The molecular weight excluding hydrogens is 366 g/mol. The normalized spacial score (nSPS) is 22.5. The Bertz CT molecular complexity index is 804. The van der Waals surface area contributed by atoms with Gasteiger partial charge in [0.15, 0.2) is 6.10 Å². The van der Waals surface area contributed by atoms with E-state index in [0.717, 1.165) is 17.7 Å². The number of carbonyl (C=O) groups excluding carboxylic acids is 4.